The largest absolute Gasteiger partial charge is 0.477 e. The molecule has 0 aromatic carbocycles. The monoisotopic (exact) mass is 1320 g/mol. The van der Waals surface area contributed by atoms with Gasteiger partial charge in [0.15, 0.2) is 5.78 Å². The third-order valence-corrected chi connectivity index (χ3v) is 16.5. The SMILES string of the molecule is C=CCON1C(=O)N2CC(n3ccc(CC(=O)c4cncs4)n3)=CC1C2.C=CCON1C(=O)N2CC(n3ccc(N([B]C=O)C(=O)c4cncs4)n3)=CC1C2.C=CCON1C(=O)N2CC(n3ccc(N)n3)=CC1C2.O=C(Cl)c1cncs1.O=C(O)c1cncs1. The number of carboxylic acids is 1. The molecule has 3 atom stereocenters. The third-order valence-electron chi connectivity index (χ3n) is 13.1. The zero-order chi connectivity index (χ0) is 63.8. The van der Waals surface area contributed by atoms with Crippen molar-refractivity contribution in [2.45, 2.75) is 24.5 Å². The van der Waals surface area contributed by atoms with E-state index in [1.165, 1.54) is 78.1 Å². The minimum Gasteiger partial charge on any atom is -0.477 e. The molecule has 36 heteroatoms. The average Bonchev–Trinajstić information content (AvgIpc) is 1.75. The fraction of sp³-hybridized carbons (Fsp3) is 0.241. The molecule has 6 aliphatic heterocycles. The molecule has 465 valence electrons. The van der Waals surface area contributed by atoms with Crippen molar-refractivity contribution in [1.29, 1.82) is 0 Å². The molecule has 0 aliphatic carbocycles. The Morgan fingerprint density at radius 3 is 1.43 bits per heavy atom. The number of amides is 7. The van der Waals surface area contributed by atoms with E-state index in [0.29, 0.717) is 78.2 Å². The number of nitrogen functional groups attached to an aromatic ring is 1. The highest BCUT2D eigenvalue weighted by Gasteiger charge is 2.44. The van der Waals surface area contributed by atoms with Gasteiger partial charge >= 0.3 is 31.5 Å². The number of aromatic nitrogens is 10. The van der Waals surface area contributed by atoms with Crippen LogP contribution in [-0.4, -0.2) is 216 Å². The van der Waals surface area contributed by atoms with Crippen molar-refractivity contribution in [3.8, 4) is 0 Å². The fourth-order valence-corrected chi connectivity index (χ4v) is 11.4. The number of hydrogen-bond acceptors (Lipinski definition) is 23. The van der Waals surface area contributed by atoms with Crippen molar-refractivity contribution < 1.29 is 58.0 Å². The number of thiazole rings is 4. The molecular formula is C54H53BClN18O12S4. The van der Waals surface area contributed by atoms with Crippen LogP contribution in [0.15, 0.2) is 140 Å². The first-order valence-electron chi connectivity index (χ1n) is 26.7. The molecule has 0 saturated carbocycles. The van der Waals surface area contributed by atoms with E-state index in [0.717, 1.165) is 35.8 Å². The van der Waals surface area contributed by atoms with Crippen LogP contribution in [0, 0.1) is 0 Å². The molecule has 13 heterocycles. The second-order valence-corrected chi connectivity index (χ2v) is 22.9. The van der Waals surface area contributed by atoms with Gasteiger partial charge < -0.3 is 35.1 Å². The zero-order valence-electron chi connectivity index (χ0n) is 47.3. The first kappa shape index (κ1) is 64.8. The summed E-state index contributed by atoms with van der Waals surface area (Å²) in [5.41, 5.74) is 15.1. The van der Waals surface area contributed by atoms with E-state index in [4.69, 9.17) is 37.0 Å². The number of fused-ring (bicyclic) bond motifs is 6. The minimum absolute atomic E-state index is 0.00151. The maximum atomic E-state index is 12.6. The highest BCUT2D eigenvalue weighted by molar-refractivity contribution is 7.13. The van der Waals surface area contributed by atoms with Crippen LogP contribution in [-0.2, 0) is 25.7 Å². The number of halogens is 1. The zero-order valence-corrected chi connectivity index (χ0v) is 51.3. The first-order valence-corrected chi connectivity index (χ1v) is 30.6. The molecule has 90 heavy (non-hydrogen) atoms. The third kappa shape index (κ3) is 15.8. The van der Waals surface area contributed by atoms with E-state index < -0.39 is 17.1 Å². The predicted octanol–water partition coefficient (Wildman–Crippen LogP) is 5.62. The van der Waals surface area contributed by atoms with Gasteiger partial charge in [0.2, 0.25) is 0 Å². The van der Waals surface area contributed by atoms with Gasteiger partial charge in [0.25, 0.3) is 11.1 Å². The Balaban J connectivity index is 0.000000144. The normalized spacial score (nSPS) is 17.5. The molecule has 6 aliphatic rings. The summed E-state index contributed by atoms with van der Waals surface area (Å²) in [5.74, 6) is -0.563. The molecule has 30 nitrogen and oxygen atoms in total. The number of nitrogens with zero attached hydrogens (tertiary/aromatic N) is 17. The lowest BCUT2D eigenvalue weighted by Crippen LogP contribution is -2.35. The quantitative estimate of drug-likeness (QED) is 0.0290. The molecule has 1 radical (unpaired) electrons. The van der Waals surface area contributed by atoms with Crippen molar-refractivity contribution in [3.63, 3.8) is 0 Å². The maximum Gasteiger partial charge on any atom is 0.347 e. The van der Waals surface area contributed by atoms with Gasteiger partial charge in [-0.2, -0.15) is 30.5 Å². The second-order valence-electron chi connectivity index (χ2n) is 19.1. The number of Topliss-reactive ketones (excluding diaryl/α,β-unsaturated/α-hetero) is 1. The molecular weight excluding hydrogens is 1270 g/mol. The van der Waals surface area contributed by atoms with Gasteiger partial charge in [-0.3, -0.25) is 48.8 Å². The summed E-state index contributed by atoms with van der Waals surface area (Å²) in [6.07, 6.45) is 22.5. The Morgan fingerprint density at radius 1 is 0.622 bits per heavy atom. The number of aromatic carboxylic acids is 1. The van der Waals surface area contributed by atoms with Crippen LogP contribution in [0.3, 0.4) is 0 Å². The van der Waals surface area contributed by atoms with Crippen LogP contribution in [0.5, 0.6) is 0 Å². The summed E-state index contributed by atoms with van der Waals surface area (Å²) < 4.78 is 5.00. The van der Waals surface area contributed by atoms with E-state index >= 15 is 0 Å². The lowest BCUT2D eigenvalue weighted by atomic mass is 9.94. The number of carbonyl (C=O) groups is 8. The lowest BCUT2D eigenvalue weighted by Gasteiger charge is -2.21. The fourth-order valence-electron chi connectivity index (χ4n) is 9.15. The Kier molecular flexibility index (Phi) is 22.0. The predicted molar refractivity (Wildman–Crippen MR) is 333 cm³/mol. The first-order chi connectivity index (χ1) is 43.6. The summed E-state index contributed by atoms with van der Waals surface area (Å²) >= 11 is 9.93. The van der Waals surface area contributed by atoms with Gasteiger partial charge in [-0.05, 0) is 35.9 Å². The van der Waals surface area contributed by atoms with Crippen molar-refractivity contribution in [1.82, 2.24) is 79.2 Å². The lowest BCUT2D eigenvalue weighted by molar-refractivity contribution is -0.107. The number of hydroxylamine groups is 6. The van der Waals surface area contributed by atoms with Crippen LogP contribution in [0.2, 0.25) is 0 Å². The van der Waals surface area contributed by atoms with Crippen molar-refractivity contribution in [2.24, 2.45) is 0 Å². The number of rotatable bonds is 21. The Labute approximate surface area is 533 Å². The van der Waals surface area contributed by atoms with Gasteiger partial charge in [0.1, 0.15) is 32.5 Å². The molecule has 3 N–H and O–H groups in total. The summed E-state index contributed by atoms with van der Waals surface area (Å²) in [5, 5.41) is 25.0. The molecule has 7 amide bonds. The summed E-state index contributed by atoms with van der Waals surface area (Å²) in [7, 11) is 1.12. The highest BCUT2D eigenvalue weighted by Crippen LogP contribution is 2.30. The molecule has 7 aromatic rings. The number of anilines is 2. The standard InChI is InChI=1S/C17H16BN6O4S.C17H17N5O3S.C12H15N5O2.C4H2ClNOS.C4H3NO2S/c1-2-5-28-24-13-6-12(8-21(9-13)17(24)27)22-4-3-15(20-22)23(18-10-25)16(26)14-7-19-11-29-14;1-2-5-25-22-14-7-13(9-20(10-14)17(22)24)21-4-3-12(19-21)6-15(23)16-8-18-11-26-16;1-2-5-19-17-10-6-9(7-15(8-10)12(17)18)16-4-3-11(13)14-16;5-4(7)3-1-6-2-8-3;6-4(7)3-1-5-2-8-3/h2-4,6-7,10-11,13H,1,5,8-9H2;2-4,7-8,11,14H,1,5-6,9-10H2;2-4,6,10H,1,5,7-8H2,(H2,13,14);1-2H;1-2H,(H,6,7). The number of nitrogens with two attached hydrogens (primary N) is 1. The molecule has 3 fully saturated rings. The maximum absolute atomic E-state index is 12.6. The van der Waals surface area contributed by atoms with Crippen molar-refractivity contribution in [2.75, 3.05) is 69.6 Å². The topological polar surface area (TPSA) is 338 Å². The van der Waals surface area contributed by atoms with E-state index in [-0.39, 0.29) is 72.3 Å². The second kappa shape index (κ2) is 30.5. The van der Waals surface area contributed by atoms with E-state index in [1.807, 2.05) is 30.5 Å². The minimum atomic E-state index is -0.910. The summed E-state index contributed by atoms with van der Waals surface area (Å²) in [4.78, 5) is 132. The Hall–Kier alpha value is -9.62. The van der Waals surface area contributed by atoms with Gasteiger partial charge in [0.05, 0.1) is 126 Å². The van der Waals surface area contributed by atoms with Crippen molar-refractivity contribution in [3.05, 3.63) is 165 Å². The van der Waals surface area contributed by atoms with Gasteiger partial charge in [-0.15, -0.1) is 65.1 Å². The van der Waals surface area contributed by atoms with Gasteiger partial charge in [-0.25, -0.2) is 33.2 Å². The molecule has 0 spiro atoms. The number of ketones is 1. The van der Waals surface area contributed by atoms with Crippen LogP contribution in [0.4, 0.5) is 26.0 Å². The average molecular weight is 1320 g/mol. The Bertz CT molecular complexity index is 3770. The number of carboxylic acid groups (broad SMARTS) is 1. The van der Waals surface area contributed by atoms with Crippen LogP contribution in [0.1, 0.15) is 44.4 Å². The molecule has 3 unspecified atom stereocenters. The van der Waals surface area contributed by atoms with E-state index in [1.54, 1.807) is 94.2 Å². The summed E-state index contributed by atoms with van der Waals surface area (Å²) in [6, 6.07) is 4.18. The summed E-state index contributed by atoms with van der Waals surface area (Å²) in [6.45, 7) is 14.7. The van der Waals surface area contributed by atoms with Gasteiger partial charge in [-0.1, -0.05) is 18.2 Å². The van der Waals surface area contributed by atoms with Crippen LogP contribution >= 0.6 is 56.9 Å². The number of hydrogen-bond donors (Lipinski definition) is 2. The van der Waals surface area contributed by atoms with Gasteiger partial charge in [0, 0.05) is 62.8 Å². The Morgan fingerprint density at radius 2 is 1.04 bits per heavy atom. The number of urea groups is 3. The van der Waals surface area contributed by atoms with Crippen molar-refractivity contribution >= 4 is 140 Å². The molecule has 6 bridgehead atoms. The molecule has 7 aromatic heterocycles. The van der Waals surface area contributed by atoms with Crippen LogP contribution < -0.4 is 10.5 Å². The molecule has 3 saturated heterocycles. The number of carbonyl (C=O) groups excluding carboxylic acids is 7. The van der Waals surface area contributed by atoms with E-state index in [2.05, 4.69) is 55.0 Å². The van der Waals surface area contributed by atoms with E-state index in [9.17, 15) is 38.4 Å². The molecule has 13 rings (SSSR count). The highest BCUT2D eigenvalue weighted by atomic mass is 35.5. The van der Waals surface area contributed by atoms with Crippen LogP contribution in [0.25, 0.3) is 17.1 Å². The smallest absolute Gasteiger partial charge is 0.347 e.